The summed E-state index contributed by atoms with van der Waals surface area (Å²) >= 11 is 1.60. The molecule has 0 atom stereocenters. The summed E-state index contributed by atoms with van der Waals surface area (Å²) in [5.41, 5.74) is 1.15. The second-order valence-electron chi connectivity index (χ2n) is 2.50. The molecule has 1 nitrogen and oxygen atoms in total. The van der Waals surface area contributed by atoms with Crippen LogP contribution < -0.4 is 0 Å². The van der Waals surface area contributed by atoms with Crippen LogP contribution in [0.25, 0.3) is 0 Å². The van der Waals surface area contributed by atoms with E-state index >= 15 is 0 Å². The summed E-state index contributed by atoms with van der Waals surface area (Å²) in [4.78, 5) is 1.38. The van der Waals surface area contributed by atoms with Gasteiger partial charge in [0, 0.05) is 4.88 Å². The Bertz CT molecular complexity index is 182. The van der Waals surface area contributed by atoms with E-state index < -0.39 is 0 Å². The summed E-state index contributed by atoms with van der Waals surface area (Å²) in [6.45, 7) is 12.4. The van der Waals surface area contributed by atoms with E-state index in [0.717, 1.165) is 12.1 Å². The zero-order chi connectivity index (χ0) is 10.7. The van der Waals surface area contributed by atoms with Crippen molar-refractivity contribution in [3.63, 3.8) is 0 Å². The van der Waals surface area contributed by atoms with Gasteiger partial charge in [-0.25, -0.2) is 0 Å². The molecule has 0 saturated carbocycles. The van der Waals surface area contributed by atoms with Crippen molar-refractivity contribution >= 4 is 11.5 Å². The van der Waals surface area contributed by atoms with Gasteiger partial charge in [-0.05, 0) is 30.9 Å². The van der Waals surface area contributed by atoms with E-state index in [0.29, 0.717) is 0 Å². The third kappa shape index (κ3) is 9.54. The summed E-state index contributed by atoms with van der Waals surface area (Å²) in [6, 6.07) is 2.13. The number of aromatic nitrogens is 1. The fraction of sp³-hybridized carbons (Fsp3) is 0.727. The van der Waals surface area contributed by atoms with Crippen LogP contribution in [0.15, 0.2) is 6.07 Å². The van der Waals surface area contributed by atoms with Crippen molar-refractivity contribution in [3.05, 3.63) is 16.6 Å². The van der Waals surface area contributed by atoms with Crippen molar-refractivity contribution in [1.82, 2.24) is 4.37 Å². The molecule has 1 rings (SSSR count). The van der Waals surface area contributed by atoms with Gasteiger partial charge >= 0.3 is 0 Å². The van der Waals surface area contributed by atoms with Crippen molar-refractivity contribution in [2.75, 3.05) is 0 Å². The van der Waals surface area contributed by atoms with Crippen LogP contribution in [-0.2, 0) is 6.42 Å². The normalized spacial score (nSPS) is 7.85. The molecule has 1 heterocycles. The molecule has 0 aromatic carbocycles. The molecule has 2 heteroatoms. The van der Waals surface area contributed by atoms with Crippen molar-refractivity contribution in [2.45, 2.75) is 54.4 Å². The Hall–Kier alpha value is -0.370. The largest absolute Gasteiger partial charge is 0.198 e. The molecule has 0 aliphatic carbocycles. The van der Waals surface area contributed by atoms with E-state index in [2.05, 4.69) is 31.2 Å². The van der Waals surface area contributed by atoms with E-state index in [1.54, 1.807) is 11.5 Å². The Labute approximate surface area is 87.4 Å². The van der Waals surface area contributed by atoms with Crippen LogP contribution in [-0.4, -0.2) is 4.37 Å². The number of rotatable bonds is 1. The Morgan fingerprint density at radius 3 is 1.85 bits per heavy atom. The minimum Gasteiger partial charge on any atom is -0.198 e. The molecule has 1 aromatic rings. The second kappa shape index (κ2) is 11.6. The zero-order valence-electron chi connectivity index (χ0n) is 9.85. The van der Waals surface area contributed by atoms with Crippen LogP contribution in [0.1, 0.15) is 51.6 Å². The van der Waals surface area contributed by atoms with Gasteiger partial charge in [0.1, 0.15) is 0 Å². The average molecular weight is 201 g/mol. The van der Waals surface area contributed by atoms with Crippen LogP contribution >= 0.6 is 11.5 Å². The molecule has 0 aliphatic heterocycles. The molecule has 0 unspecified atom stereocenters. The third-order valence-corrected chi connectivity index (χ3v) is 2.05. The van der Waals surface area contributed by atoms with Gasteiger partial charge < -0.3 is 0 Å². The van der Waals surface area contributed by atoms with Gasteiger partial charge in [-0.3, -0.25) is 0 Å². The van der Waals surface area contributed by atoms with Crippen LogP contribution in [0.2, 0.25) is 0 Å². The molecule has 78 valence electrons. The molecule has 0 N–H and O–H groups in total. The lowest BCUT2D eigenvalue weighted by atomic mass is 10.3. The highest BCUT2D eigenvalue weighted by Crippen LogP contribution is 2.08. The van der Waals surface area contributed by atoms with Gasteiger partial charge in [0.25, 0.3) is 0 Å². The Morgan fingerprint density at radius 2 is 1.69 bits per heavy atom. The van der Waals surface area contributed by atoms with Crippen LogP contribution in [0.3, 0.4) is 0 Å². The highest BCUT2D eigenvalue weighted by molar-refractivity contribution is 7.05. The van der Waals surface area contributed by atoms with Gasteiger partial charge in [-0.2, -0.15) is 4.37 Å². The first-order chi connectivity index (χ1) is 6.24. The second-order valence-corrected chi connectivity index (χ2v) is 3.38. The monoisotopic (exact) mass is 201 g/mol. The minimum absolute atomic E-state index is 1.12. The van der Waals surface area contributed by atoms with Crippen LogP contribution in [0.5, 0.6) is 0 Å². The van der Waals surface area contributed by atoms with E-state index in [4.69, 9.17) is 0 Å². The van der Waals surface area contributed by atoms with Gasteiger partial charge in [-0.1, -0.05) is 41.0 Å². The fourth-order valence-electron chi connectivity index (χ4n) is 0.583. The predicted octanol–water partition coefficient (Wildman–Crippen LogP) is 4.46. The number of nitrogens with zero attached hydrogens (tertiary/aromatic N) is 1. The van der Waals surface area contributed by atoms with E-state index in [1.165, 1.54) is 11.3 Å². The molecule has 0 fully saturated rings. The topological polar surface area (TPSA) is 12.9 Å². The van der Waals surface area contributed by atoms with Gasteiger partial charge in [0.15, 0.2) is 0 Å². The number of hydrogen-bond acceptors (Lipinski definition) is 2. The standard InChI is InChI=1S/C6H9NS.C3H8.C2H6/c1-3-6-4-5(2)7-8-6;1-3-2;1-2/h4H,3H2,1-2H3;3H2,1-2H3;1-2H3. The lowest BCUT2D eigenvalue weighted by Crippen LogP contribution is -1.65. The van der Waals surface area contributed by atoms with Crippen LogP contribution in [0, 0.1) is 6.92 Å². The first-order valence-corrected chi connectivity index (χ1v) is 5.94. The molecule has 0 aliphatic rings. The molecule has 13 heavy (non-hydrogen) atoms. The Morgan fingerprint density at radius 1 is 1.23 bits per heavy atom. The van der Waals surface area contributed by atoms with Crippen molar-refractivity contribution < 1.29 is 0 Å². The van der Waals surface area contributed by atoms with Crippen LogP contribution in [0.4, 0.5) is 0 Å². The molecular formula is C11H23NS. The summed E-state index contributed by atoms with van der Waals surface area (Å²) < 4.78 is 4.13. The zero-order valence-corrected chi connectivity index (χ0v) is 10.7. The first kappa shape index (κ1) is 15.1. The molecule has 0 spiro atoms. The Balaban J connectivity index is 0. The number of aryl methyl sites for hydroxylation is 2. The highest BCUT2D eigenvalue weighted by Gasteiger charge is 1.91. The summed E-state index contributed by atoms with van der Waals surface area (Å²) in [5, 5.41) is 0. The molecule has 0 amide bonds. The molecule has 1 aromatic heterocycles. The lowest BCUT2D eigenvalue weighted by molar-refractivity contribution is 1.09. The third-order valence-electron chi connectivity index (χ3n) is 1.03. The summed E-state index contributed by atoms with van der Waals surface area (Å²) in [5.74, 6) is 0. The molecule has 0 radical (unpaired) electrons. The molecular weight excluding hydrogens is 178 g/mol. The SMILES string of the molecule is CC.CCC.CCc1cc(C)ns1. The molecule has 0 saturated heterocycles. The average Bonchev–Trinajstić information content (AvgIpc) is 2.56. The van der Waals surface area contributed by atoms with Crippen molar-refractivity contribution in [2.24, 2.45) is 0 Å². The minimum atomic E-state index is 1.12. The highest BCUT2D eigenvalue weighted by atomic mass is 32.1. The van der Waals surface area contributed by atoms with E-state index in [9.17, 15) is 0 Å². The Kier molecular flexibility index (Phi) is 13.5. The smallest absolute Gasteiger partial charge is 0.0514 e. The predicted molar refractivity (Wildman–Crippen MR) is 63.5 cm³/mol. The van der Waals surface area contributed by atoms with Crippen molar-refractivity contribution in [1.29, 1.82) is 0 Å². The van der Waals surface area contributed by atoms with E-state index in [1.807, 2.05) is 20.8 Å². The first-order valence-electron chi connectivity index (χ1n) is 5.16. The summed E-state index contributed by atoms with van der Waals surface area (Å²) in [7, 11) is 0. The van der Waals surface area contributed by atoms with Gasteiger partial charge in [-0.15, -0.1) is 0 Å². The van der Waals surface area contributed by atoms with Gasteiger partial charge in [0.2, 0.25) is 0 Å². The summed E-state index contributed by atoms with van der Waals surface area (Å²) in [6.07, 6.45) is 2.37. The van der Waals surface area contributed by atoms with Gasteiger partial charge in [0.05, 0.1) is 5.69 Å². The maximum Gasteiger partial charge on any atom is 0.0514 e. The number of hydrogen-bond donors (Lipinski definition) is 0. The fourth-order valence-corrected chi connectivity index (χ4v) is 1.25. The maximum atomic E-state index is 4.13. The molecule has 0 bridgehead atoms. The van der Waals surface area contributed by atoms with E-state index in [-0.39, 0.29) is 0 Å². The van der Waals surface area contributed by atoms with Crippen molar-refractivity contribution in [3.8, 4) is 0 Å². The lowest BCUT2D eigenvalue weighted by Gasteiger charge is -1.77. The quantitative estimate of drug-likeness (QED) is 0.654. The maximum absolute atomic E-state index is 4.13.